The summed E-state index contributed by atoms with van der Waals surface area (Å²) < 4.78 is 1.89. The summed E-state index contributed by atoms with van der Waals surface area (Å²) in [6, 6.07) is 13.5. The van der Waals surface area contributed by atoms with Gasteiger partial charge in [-0.05, 0) is 29.8 Å². The molecule has 90 valence electrons. The number of aromatic nitrogens is 2. The minimum absolute atomic E-state index is 0.692. The van der Waals surface area contributed by atoms with Crippen LogP contribution in [0.25, 0.3) is 5.65 Å². The Hall–Kier alpha value is -2.00. The zero-order valence-electron chi connectivity index (χ0n) is 9.68. The largest absolute Gasteiger partial charge is 0.385 e. The number of rotatable bonds is 2. The van der Waals surface area contributed by atoms with Crippen molar-refractivity contribution in [2.24, 2.45) is 0 Å². The first-order valence-corrected chi connectivity index (χ1v) is 6.07. The highest BCUT2D eigenvalue weighted by Gasteiger charge is 2.04. The maximum absolute atomic E-state index is 5.97. The molecule has 3 aromatic rings. The molecule has 0 aliphatic rings. The second-order valence-electron chi connectivity index (χ2n) is 4.22. The third kappa shape index (κ3) is 2.05. The van der Waals surface area contributed by atoms with E-state index in [1.807, 2.05) is 53.1 Å². The van der Waals surface area contributed by atoms with Crippen molar-refractivity contribution >= 4 is 23.1 Å². The highest BCUT2D eigenvalue weighted by molar-refractivity contribution is 6.30. The number of anilines is 1. The Morgan fingerprint density at radius 2 is 2.00 bits per heavy atom. The highest BCUT2D eigenvalue weighted by Crippen LogP contribution is 2.16. The number of benzene rings is 1. The average Bonchev–Trinajstić information content (AvgIpc) is 2.73. The van der Waals surface area contributed by atoms with E-state index >= 15 is 0 Å². The lowest BCUT2D eigenvalue weighted by molar-refractivity contribution is 1.11. The number of fused-ring (bicyclic) bond motifs is 1. The molecule has 0 radical (unpaired) electrons. The standard InChI is InChI=1S/C14H12ClN3/c15-11-4-1-3-10(7-11)8-12-9-18-13(16)5-2-6-14(18)17-12/h1-7,9H,8,16H2. The Morgan fingerprint density at radius 3 is 2.78 bits per heavy atom. The van der Waals surface area contributed by atoms with Crippen LogP contribution in [0.2, 0.25) is 5.02 Å². The van der Waals surface area contributed by atoms with Gasteiger partial charge in [-0.25, -0.2) is 4.98 Å². The van der Waals surface area contributed by atoms with E-state index in [4.69, 9.17) is 17.3 Å². The van der Waals surface area contributed by atoms with Crippen LogP contribution in [0.4, 0.5) is 5.82 Å². The van der Waals surface area contributed by atoms with Crippen molar-refractivity contribution in [1.82, 2.24) is 9.38 Å². The summed E-state index contributed by atoms with van der Waals surface area (Å²) in [6.07, 6.45) is 2.72. The van der Waals surface area contributed by atoms with E-state index in [-0.39, 0.29) is 0 Å². The quantitative estimate of drug-likeness (QED) is 0.766. The van der Waals surface area contributed by atoms with Gasteiger partial charge in [-0.15, -0.1) is 0 Å². The first-order valence-electron chi connectivity index (χ1n) is 5.69. The third-order valence-electron chi connectivity index (χ3n) is 2.85. The van der Waals surface area contributed by atoms with E-state index in [1.165, 1.54) is 0 Å². The molecule has 0 amide bonds. The summed E-state index contributed by atoms with van der Waals surface area (Å²) in [5.41, 5.74) is 8.88. The van der Waals surface area contributed by atoms with Crippen LogP contribution < -0.4 is 5.73 Å². The van der Waals surface area contributed by atoms with Gasteiger partial charge in [-0.2, -0.15) is 0 Å². The normalized spacial score (nSPS) is 10.9. The first-order chi connectivity index (χ1) is 8.72. The molecule has 0 aliphatic carbocycles. The summed E-state index contributed by atoms with van der Waals surface area (Å²) in [5, 5.41) is 0.746. The predicted octanol–water partition coefficient (Wildman–Crippen LogP) is 3.16. The molecule has 0 fully saturated rings. The van der Waals surface area contributed by atoms with Gasteiger partial charge in [0.05, 0.1) is 5.69 Å². The molecule has 0 aliphatic heterocycles. The molecule has 0 spiro atoms. The minimum Gasteiger partial charge on any atom is -0.385 e. The van der Waals surface area contributed by atoms with E-state index in [0.717, 1.165) is 28.3 Å². The van der Waals surface area contributed by atoms with Gasteiger partial charge in [0.1, 0.15) is 11.5 Å². The lowest BCUT2D eigenvalue weighted by Crippen LogP contribution is -1.93. The fourth-order valence-electron chi connectivity index (χ4n) is 2.02. The fourth-order valence-corrected chi connectivity index (χ4v) is 2.24. The number of nitrogens with zero attached hydrogens (tertiary/aromatic N) is 2. The van der Waals surface area contributed by atoms with Gasteiger partial charge in [-0.1, -0.05) is 29.8 Å². The van der Waals surface area contributed by atoms with Crippen molar-refractivity contribution in [3.05, 3.63) is 64.9 Å². The van der Waals surface area contributed by atoms with Crippen LogP contribution >= 0.6 is 11.6 Å². The lowest BCUT2D eigenvalue weighted by atomic mass is 10.1. The van der Waals surface area contributed by atoms with E-state index in [2.05, 4.69) is 4.98 Å². The van der Waals surface area contributed by atoms with Gasteiger partial charge >= 0.3 is 0 Å². The molecule has 2 aromatic heterocycles. The van der Waals surface area contributed by atoms with Crippen LogP contribution in [-0.4, -0.2) is 9.38 Å². The molecule has 0 saturated heterocycles. The molecule has 3 nitrogen and oxygen atoms in total. The number of halogens is 1. The van der Waals surface area contributed by atoms with Crippen LogP contribution in [0.3, 0.4) is 0 Å². The van der Waals surface area contributed by atoms with Crippen LogP contribution in [0.1, 0.15) is 11.3 Å². The maximum Gasteiger partial charge on any atom is 0.138 e. The van der Waals surface area contributed by atoms with Gasteiger partial charge in [0, 0.05) is 17.6 Å². The highest BCUT2D eigenvalue weighted by atomic mass is 35.5. The number of hydrogen-bond acceptors (Lipinski definition) is 2. The molecule has 2 heterocycles. The second-order valence-corrected chi connectivity index (χ2v) is 4.65. The van der Waals surface area contributed by atoms with Gasteiger partial charge < -0.3 is 5.73 Å². The van der Waals surface area contributed by atoms with Crippen molar-refractivity contribution in [1.29, 1.82) is 0 Å². The predicted molar refractivity (Wildman–Crippen MR) is 73.9 cm³/mol. The molecule has 3 rings (SSSR count). The molecule has 1 aromatic carbocycles. The smallest absolute Gasteiger partial charge is 0.138 e. The Kier molecular flexibility index (Phi) is 2.68. The fraction of sp³-hybridized carbons (Fsp3) is 0.0714. The molecule has 0 bridgehead atoms. The number of nitrogens with two attached hydrogens (primary N) is 1. The average molecular weight is 258 g/mol. The molecule has 4 heteroatoms. The number of pyridine rings is 1. The summed E-state index contributed by atoms with van der Waals surface area (Å²) in [4.78, 5) is 4.54. The van der Waals surface area contributed by atoms with Crippen LogP contribution in [0, 0.1) is 0 Å². The lowest BCUT2D eigenvalue weighted by Gasteiger charge is -1.98. The summed E-state index contributed by atoms with van der Waals surface area (Å²) in [6.45, 7) is 0. The number of hydrogen-bond donors (Lipinski definition) is 1. The topological polar surface area (TPSA) is 43.3 Å². The Balaban J connectivity index is 1.98. The third-order valence-corrected chi connectivity index (χ3v) is 3.08. The zero-order chi connectivity index (χ0) is 12.5. The van der Waals surface area contributed by atoms with Crippen molar-refractivity contribution in [2.45, 2.75) is 6.42 Å². The van der Waals surface area contributed by atoms with Crippen LogP contribution in [0.15, 0.2) is 48.7 Å². The second kappa shape index (κ2) is 4.35. The van der Waals surface area contributed by atoms with Crippen molar-refractivity contribution in [3.63, 3.8) is 0 Å². The monoisotopic (exact) mass is 257 g/mol. The van der Waals surface area contributed by atoms with Crippen molar-refractivity contribution < 1.29 is 0 Å². The summed E-state index contributed by atoms with van der Waals surface area (Å²) in [7, 11) is 0. The van der Waals surface area contributed by atoms with E-state index in [0.29, 0.717) is 5.82 Å². The van der Waals surface area contributed by atoms with E-state index in [9.17, 15) is 0 Å². The van der Waals surface area contributed by atoms with Crippen LogP contribution in [0.5, 0.6) is 0 Å². The van der Waals surface area contributed by atoms with Crippen molar-refractivity contribution in [3.8, 4) is 0 Å². The molecule has 2 N–H and O–H groups in total. The van der Waals surface area contributed by atoms with Gasteiger partial charge in [0.2, 0.25) is 0 Å². The SMILES string of the molecule is Nc1cccc2nc(Cc3cccc(Cl)c3)cn12. The number of imidazole rings is 1. The molecule has 0 atom stereocenters. The zero-order valence-corrected chi connectivity index (χ0v) is 10.4. The molecular formula is C14H12ClN3. The summed E-state index contributed by atoms with van der Waals surface area (Å²) >= 11 is 5.97. The summed E-state index contributed by atoms with van der Waals surface area (Å²) in [5.74, 6) is 0.692. The molecule has 0 unspecified atom stereocenters. The minimum atomic E-state index is 0.692. The van der Waals surface area contributed by atoms with Crippen LogP contribution in [-0.2, 0) is 6.42 Å². The maximum atomic E-state index is 5.97. The Morgan fingerprint density at radius 1 is 1.17 bits per heavy atom. The van der Waals surface area contributed by atoms with Gasteiger partial charge in [0.25, 0.3) is 0 Å². The van der Waals surface area contributed by atoms with Gasteiger partial charge in [0.15, 0.2) is 0 Å². The van der Waals surface area contributed by atoms with Gasteiger partial charge in [-0.3, -0.25) is 4.40 Å². The molecule has 18 heavy (non-hydrogen) atoms. The van der Waals surface area contributed by atoms with E-state index < -0.39 is 0 Å². The Bertz CT molecular complexity index is 703. The molecular weight excluding hydrogens is 246 g/mol. The first kappa shape index (κ1) is 11.1. The van der Waals surface area contributed by atoms with E-state index in [1.54, 1.807) is 0 Å². The Labute approximate surface area is 110 Å². The van der Waals surface area contributed by atoms with Crippen molar-refractivity contribution in [2.75, 3.05) is 5.73 Å². The molecule has 0 saturated carbocycles. The number of nitrogen functional groups attached to an aromatic ring is 1.